The molecule has 0 radical (unpaired) electrons. The van der Waals surface area contributed by atoms with Gasteiger partial charge in [0.2, 0.25) is 5.82 Å². The molecule has 4 nitrogen and oxygen atoms in total. The molecule has 132 valence electrons. The smallest absolute Gasteiger partial charge is 0.451 e. The standard InChI is InChI=1S/C18H12F3N3OS/c19-18(20,21)17-23-15-4-2-1-3-14(15)16(24-17)26-10-9-25-13-7-5-12(11-22)6-8-13/h1-8H,9-10H2. The molecule has 0 amide bonds. The van der Waals surface area contributed by atoms with E-state index in [1.165, 1.54) is 17.8 Å². The van der Waals surface area contributed by atoms with Gasteiger partial charge in [-0.1, -0.05) is 18.2 Å². The highest BCUT2D eigenvalue weighted by atomic mass is 32.2. The lowest BCUT2D eigenvalue weighted by molar-refractivity contribution is -0.145. The minimum atomic E-state index is -4.60. The molecule has 8 heteroatoms. The van der Waals surface area contributed by atoms with Crippen molar-refractivity contribution in [2.45, 2.75) is 11.2 Å². The Balaban J connectivity index is 1.70. The normalized spacial score (nSPS) is 11.3. The summed E-state index contributed by atoms with van der Waals surface area (Å²) in [5.74, 6) is -0.141. The van der Waals surface area contributed by atoms with E-state index in [-0.39, 0.29) is 17.1 Å². The number of rotatable bonds is 5. The van der Waals surface area contributed by atoms with Crippen LogP contribution in [-0.4, -0.2) is 22.3 Å². The molecule has 0 saturated carbocycles. The SMILES string of the molecule is N#Cc1ccc(OCCSc2nc(C(F)(F)F)nc3ccccc23)cc1. The number of thioether (sulfide) groups is 1. The van der Waals surface area contributed by atoms with Crippen molar-refractivity contribution in [2.75, 3.05) is 12.4 Å². The van der Waals surface area contributed by atoms with Crippen molar-refractivity contribution in [2.24, 2.45) is 0 Å². The van der Waals surface area contributed by atoms with Gasteiger partial charge in [0.05, 0.1) is 23.8 Å². The quantitative estimate of drug-likeness (QED) is 0.368. The Morgan fingerprint density at radius 1 is 1.04 bits per heavy atom. The molecular formula is C18H12F3N3OS. The summed E-state index contributed by atoms with van der Waals surface area (Å²) in [7, 11) is 0. The number of alkyl halides is 3. The number of halogens is 3. The second-order valence-corrected chi connectivity index (χ2v) is 6.28. The monoisotopic (exact) mass is 375 g/mol. The summed E-state index contributed by atoms with van der Waals surface area (Å²) in [4.78, 5) is 7.27. The molecule has 3 rings (SSSR count). The lowest BCUT2D eigenvalue weighted by Crippen LogP contribution is -2.12. The minimum absolute atomic E-state index is 0.255. The van der Waals surface area contributed by atoms with E-state index >= 15 is 0 Å². The van der Waals surface area contributed by atoms with E-state index < -0.39 is 12.0 Å². The first kappa shape index (κ1) is 18.0. The van der Waals surface area contributed by atoms with Crippen LogP contribution in [0.25, 0.3) is 10.9 Å². The highest BCUT2D eigenvalue weighted by molar-refractivity contribution is 7.99. The van der Waals surface area contributed by atoms with Crippen LogP contribution in [0.1, 0.15) is 11.4 Å². The first-order chi connectivity index (χ1) is 12.5. The number of hydrogen-bond acceptors (Lipinski definition) is 5. The van der Waals surface area contributed by atoms with E-state index in [0.29, 0.717) is 22.5 Å². The Morgan fingerprint density at radius 3 is 2.46 bits per heavy atom. The number of benzene rings is 2. The van der Waals surface area contributed by atoms with Crippen LogP contribution in [-0.2, 0) is 6.18 Å². The van der Waals surface area contributed by atoms with Gasteiger partial charge in [0.25, 0.3) is 0 Å². The van der Waals surface area contributed by atoms with Gasteiger partial charge >= 0.3 is 6.18 Å². The molecule has 0 spiro atoms. The highest BCUT2D eigenvalue weighted by Gasteiger charge is 2.35. The summed E-state index contributed by atoms with van der Waals surface area (Å²) in [5.41, 5.74) is 0.782. The number of aromatic nitrogens is 2. The number of ether oxygens (including phenoxy) is 1. The molecular weight excluding hydrogens is 363 g/mol. The van der Waals surface area contributed by atoms with Crippen LogP contribution in [0.3, 0.4) is 0 Å². The largest absolute Gasteiger partial charge is 0.493 e. The van der Waals surface area contributed by atoms with E-state index in [9.17, 15) is 13.2 Å². The molecule has 3 aromatic rings. The van der Waals surface area contributed by atoms with Crippen molar-refractivity contribution in [3.63, 3.8) is 0 Å². The molecule has 0 N–H and O–H groups in total. The maximum atomic E-state index is 13.0. The summed E-state index contributed by atoms with van der Waals surface area (Å²) in [6.45, 7) is 0.288. The average molecular weight is 375 g/mol. The van der Waals surface area contributed by atoms with Crippen LogP contribution in [0.15, 0.2) is 53.6 Å². The van der Waals surface area contributed by atoms with Crippen molar-refractivity contribution < 1.29 is 17.9 Å². The van der Waals surface area contributed by atoms with Crippen LogP contribution >= 0.6 is 11.8 Å². The fourth-order valence-corrected chi connectivity index (χ4v) is 3.05. The van der Waals surface area contributed by atoms with Gasteiger partial charge in [-0.2, -0.15) is 18.4 Å². The van der Waals surface area contributed by atoms with E-state index in [1.54, 1.807) is 42.5 Å². The zero-order chi connectivity index (χ0) is 18.6. The highest BCUT2D eigenvalue weighted by Crippen LogP contribution is 2.32. The van der Waals surface area contributed by atoms with Crippen LogP contribution in [0.2, 0.25) is 0 Å². The molecule has 0 aliphatic carbocycles. The van der Waals surface area contributed by atoms with Crippen LogP contribution in [0.4, 0.5) is 13.2 Å². The first-order valence-corrected chi connectivity index (χ1v) is 8.55. The van der Waals surface area contributed by atoms with Crippen LogP contribution in [0, 0.1) is 11.3 Å². The van der Waals surface area contributed by atoms with Crippen molar-refractivity contribution in [3.05, 3.63) is 59.9 Å². The summed E-state index contributed by atoms with van der Waals surface area (Å²) in [6, 6.07) is 15.2. The Morgan fingerprint density at radius 2 is 1.77 bits per heavy atom. The van der Waals surface area contributed by atoms with Gasteiger partial charge in [-0.15, -0.1) is 11.8 Å². The summed E-state index contributed by atoms with van der Waals surface area (Å²) < 4.78 is 44.5. The number of nitriles is 1. The fourth-order valence-electron chi connectivity index (χ4n) is 2.21. The predicted molar refractivity (Wildman–Crippen MR) is 91.9 cm³/mol. The van der Waals surface area contributed by atoms with Crippen LogP contribution < -0.4 is 4.74 Å². The number of nitrogens with zero attached hydrogens (tertiary/aromatic N) is 3. The van der Waals surface area contributed by atoms with E-state index in [1.807, 2.05) is 6.07 Å². The third-order valence-corrected chi connectivity index (χ3v) is 4.35. The Bertz CT molecular complexity index is 953. The van der Waals surface area contributed by atoms with Gasteiger partial charge in [0.1, 0.15) is 10.8 Å². The van der Waals surface area contributed by atoms with Crippen molar-refractivity contribution in [3.8, 4) is 11.8 Å². The zero-order valence-electron chi connectivity index (χ0n) is 13.3. The van der Waals surface area contributed by atoms with Gasteiger partial charge < -0.3 is 4.74 Å². The maximum Gasteiger partial charge on any atom is 0.451 e. The number of para-hydroxylation sites is 1. The molecule has 1 heterocycles. The van der Waals surface area contributed by atoms with Crippen LogP contribution in [0.5, 0.6) is 5.75 Å². The van der Waals surface area contributed by atoms with Crippen molar-refractivity contribution in [1.29, 1.82) is 5.26 Å². The lowest BCUT2D eigenvalue weighted by atomic mass is 10.2. The lowest BCUT2D eigenvalue weighted by Gasteiger charge is -2.10. The van der Waals surface area contributed by atoms with Crippen molar-refractivity contribution >= 4 is 22.7 Å². The van der Waals surface area contributed by atoms with Crippen molar-refractivity contribution in [1.82, 2.24) is 9.97 Å². The minimum Gasteiger partial charge on any atom is -0.493 e. The summed E-state index contributed by atoms with van der Waals surface area (Å²) in [6.07, 6.45) is -4.60. The molecule has 2 aromatic carbocycles. The third-order valence-electron chi connectivity index (χ3n) is 3.40. The van der Waals surface area contributed by atoms with E-state index in [4.69, 9.17) is 10.00 Å². The first-order valence-electron chi connectivity index (χ1n) is 7.57. The molecule has 0 bridgehead atoms. The molecule has 0 unspecified atom stereocenters. The van der Waals surface area contributed by atoms with Gasteiger partial charge in [-0.25, -0.2) is 9.97 Å². The number of hydrogen-bond donors (Lipinski definition) is 0. The fraction of sp³-hybridized carbons (Fsp3) is 0.167. The summed E-state index contributed by atoms with van der Waals surface area (Å²) >= 11 is 1.18. The molecule has 1 aromatic heterocycles. The molecule has 0 aliphatic rings. The molecule has 0 fully saturated rings. The maximum absolute atomic E-state index is 13.0. The molecule has 0 aliphatic heterocycles. The van der Waals surface area contributed by atoms with E-state index in [2.05, 4.69) is 9.97 Å². The number of fused-ring (bicyclic) bond motifs is 1. The van der Waals surface area contributed by atoms with E-state index in [0.717, 1.165) is 0 Å². The second-order valence-electron chi connectivity index (χ2n) is 5.20. The van der Waals surface area contributed by atoms with Gasteiger partial charge in [0, 0.05) is 11.1 Å². The zero-order valence-corrected chi connectivity index (χ0v) is 14.1. The molecule has 0 saturated heterocycles. The average Bonchev–Trinajstić information content (AvgIpc) is 2.64. The second kappa shape index (κ2) is 7.62. The van der Waals surface area contributed by atoms with Gasteiger partial charge in [0.15, 0.2) is 0 Å². The topological polar surface area (TPSA) is 58.8 Å². The van der Waals surface area contributed by atoms with Gasteiger partial charge in [-0.05, 0) is 30.3 Å². The van der Waals surface area contributed by atoms with Gasteiger partial charge in [-0.3, -0.25) is 0 Å². The third kappa shape index (κ3) is 4.24. The molecule has 26 heavy (non-hydrogen) atoms. The Hall–Kier alpha value is -2.79. The summed E-state index contributed by atoms with van der Waals surface area (Å²) in [5, 5.41) is 9.59. The molecule has 0 atom stereocenters. The predicted octanol–water partition coefficient (Wildman–Crippen LogP) is 4.69. The Labute approximate surface area is 151 Å². The Kier molecular flexibility index (Phi) is 5.28.